The Bertz CT molecular complexity index is 727. The number of nitro groups is 1. The van der Waals surface area contributed by atoms with E-state index >= 15 is 0 Å². The van der Waals surface area contributed by atoms with E-state index in [-0.39, 0.29) is 22.9 Å². The first-order chi connectivity index (χ1) is 9.88. The van der Waals surface area contributed by atoms with Crippen molar-refractivity contribution in [3.8, 4) is 11.6 Å². The van der Waals surface area contributed by atoms with Gasteiger partial charge in [-0.3, -0.25) is 10.1 Å². The zero-order valence-electron chi connectivity index (χ0n) is 11.4. The lowest BCUT2D eigenvalue weighted by atomic mass is 10.1. The van der Waals surface area contributed by atoms with Crippen molar-refractivity contribution in [3.05, 3.63) is 57.3 Å². The van der Waals surface area contributed by atoms with Crippen LogP contribution in [-0.2, 0) is 0 Å². The van der Waals surface area contributed by atoms with E-state index in [1.54, 1.807) is 26.0 Å². The zero-order valence-corrected chi connectivity index (χ0v) is 11.4. The van der Waals surface area contributed by atoms with Crippen LogP contribution in [0.25, 0.3) is 0 Å². The van der Waals surface area contributed by atoms with E-state index in [4.69, 9.17) is 9.84 Å². The van der Waals surface area contributed by atoms with E-state index < -0.39 is 10.9 Å². The number of ether oxygens (including phenoxy) is 1. The third-order valence-corrected chi connectivity index (χ3v) is 2.84. The summed E-state index contributed by atoms with van der Waals surface area (Å²) in [6.45, 7) is 3.36. The molecule has 0 amide bonds. The van der Waals surface area contributed by atoms with Crippen molar-refractivity contribution < 1.29 is 19.6 Å². The predicted molar refractivity (Wildman–Crippen MR) is 73.8 cm³/mol. The zero-order chi connectivity index (χ0) is 15.6. The Hall–Kier alpha value is -2.96. The minimum atomic E-state index is -1.12. The highest BCUT2D eigenvalue weighted by atomic mass is 16.6. The molecule has 0 saturated heterocycles. The maximum absolute atomic E-state index is 11.1. The van der Waals surface area contributed by atoms with Crippen LogP contribution in [-0.4, -0.2) is 21.0 Å². The molecular weight excluding hydrogens is 276 g/mol. The first kappa shape index (κ1) is 14.4. The highest BCUT2D eigenvalue weighted by molar-refractivity contribution is 5.91. The number of rotatable bonds is 4. The molecule has 0 bridgehead atoms. The first-order valence-electron chi connectivity index (χ1n) is 6.01. The number of pyridine rings is 1. The lowest BCUT2D eigenvalue weighted by molar-refractivity contribution is -0.385. The van der Waals surface area contributed by atoms with E-state index in [1.807, 2.05) is 0 Å². The van der Waals surface area contributed by atoms with Crippen LogP contribution in [0.15, 0.2) is 30.5 Å². The molecule has 0 unspecified atom stereocenters. The SMILES string of the molecule is Cc1ccc(C(=O)O)c(Oc2cc(C)c([N+](=O)[O-])cn2)c1. The molecule has 0 saturated carbocycles. The molecule has 0 fully saturated rings. The van der Waals surface area contributed by atoms with Crippen molar-refractivity contribution in [2.75, 3.05) is 0 Å². The molecule has 2 aromatic rings. The fourth-order valence-corrected chi connectivity index (χ4v) is 1.77. The molecule has 2 rings (SSSR count). The fraction of sp³-hybridized carbons (Fsp3) is 0.143. The Morgan fingerprint density at radius 2 is 2.05 bits per heavy atom. The van der Waals surface area contributed by atoms with Crippen LogP contribution in [0.5, 0.6) is 11.6 Å². The van der Waals surface area contributed by atoms with Gasteiger partial charge < -0.3 is 9.84 Å². The van der Waals surface area contributed by atoms with E-state index in [0.29, 0.717) is 5.56 Å². The van der Waals surface area contributed by atoms with Crippen molar-refractivity contribution in [3.63, 3.8) is 0 Å². The summed E-state index contributed by atoms with van der Waals surface area (Å²) in [4.78, 5) is 25.2. The summed E-state index contributed by atoms with van der Waals surface area (Å²) < 4.78 is 5.45. The summed E-state index contributed by atoms with van der Waals surface area (Å²) in [5.74, 6) is -0.877. The van der Waals surface area contributed by atoms with Gasteiger partial charge in [-0.1, -0.05) is 6.07 Å². The minimum Gasteiger partial charge on any atom is -0.478 e. The number of aromatic nitrogens is 1. The number of carbonyl (C=O) groups is 1. The number of nitrogens with zero attached hydrogens (tertiary/aromatic N) is 2. The molecule has 0 aliphatic heterocycles. The Labute approximate surface area is 120 Å². The molecule has 1 heterocycles. The number of hydrogen-bond acceptors (Lipinski definition) is 5. The van der Waals surface area contributed by atoms with Gasteiger partial charge in [0.15, 0.2) is 0 Å². The number of hydrogen-bond donors (Lipinski definition) is 1. The van der Waals surface area contributed by atoms with E-state index in [0.717, 1.165) is 11.8 Å². The Kier molecular flexibility index (Phi) is 3.84. The number of aromatic carboxylic acids is 1. The van der Waals surface area contributed by atoms with Crippen molar-refractivity contribution in [2.45, 2.75) is 13.8 Å². The summed E-state index contributed by atoms with van der Waals surface area (Å²) in [7, 11) is 0. The molecule has 21 heavy (non-hydrogen) atoms. The summed E-state index contributed by atoms with van der Waals surface area (Å²) in [5.41, 5.74) is 1.09. The minimum absolute atomic E-state index is 0.00148. The van der Waals surface area contributed by atoms with E-state index in [9.17, 15) is 14.9 Å². The second-order valence-corrected chi connectivity index (χ2v) is 4.47. The van der Waals surface area contributed by atoms with Crippen LogP contribution in [0.2, 0.25) is 0 Å². The second kappa shape index (κ2) is 5.58. The highest BCUT2D eigenvalue weighted by Crippen LogP contribution is 2.28. The molecule has 0 radical (unpaired) electrons. The summed E-state index contributed by atoms with van der Waals surface area (Å²) in [5, 5.41) is 19.8. The lowest BCUT2D eigenvalue weighted by Gasteiger charge is -2.09. The van der Waals surface area contributed by atoms with Crippen molar-refractivity contribution in [1.82, 2.24) is 4.98 Å². The van der Waals surface area contributed by atoms with Crippen molar-refractivity contribution >= 4 is 11.7 Å². The molecule has 7 heteroatoms. The summed E-state index contributed by atoms with van der Waals surface area (Å²) in [6.07, 6.45) is 1.08. The fourth-order valence-electron chi connectivity index (χ4n) is 1.77. The van der Waals surface area contributed by atoms with Gasteiger partial charge in [-0.15, -0.1) is 0 Å². The topological polar surface area (TPSA) is 103 Å². The van der Waals surface area contributed by atoms with E-state index in [2.05, 4.69) is 4.98 Å². The maximum Gasteiger partial charge on any atom is 0.339 e. The van der Waals surface area contributed by atoms with Crippen LogP contribution < -0.4 is 4.74 Å². The Morgan fingerprint density at radius 1 is 1.33 bits per heavy atom. The maximum atomic E-state index is 11.1. The molecule has 0 spiro atoms. The molecule has 0 aliphatic carbocycles. The molecular formula is C14H12N2O5. The monoisotopic (exact) mass is 288 g/mol. The van der Waals surface area contributed by atoms with Crippen LogP contribution in [0, 0.1) is 24.0 Å². The third-order valence-electron chi connectivity index (χ3n) is 2.84. The molecule has 0 aliphatic rings. The summed E-state index contributed by atoms with van der Waals surface area (Å²) in [6, 6.07) is 6.06. The van der Waals surface area contributed by atoms with Gasteiger partial charge in [-0.2, -0.15) is 0 Å². The molecule has 7 nitrogen and oxygen atoms in total. The van der Waals surface area contributed by atoms with Crippen LogP contribution in [0.1, 0.15) is 21.5 Å². The molecule has 1 aromatic heterocycles. The average Bonchev–Trinajstić information content (AvgIpc) is 2.37. The van der Waals surface area contributed by atoms with Gasteiger partial charge in [0.25, 0.3) is 5.69 Å². The first-order valence-corrected chi connectivity index (χ1v) is 6.01. The van der Waals surface area contributed by atoms with Gasteiger partial charge >= 0.3 is 5.97 Å². The Morgan fingerprint density at radius 3 is 2.62 bits per heavy atom. The molecule has 0 atom stereocenters. The van der Waals surface area contributed by atoms with Gasteiger partial charge in [0.2, 0.25) is 5.88 Å². The quantitative estimate of drug-likeness (QED) is 0.685. The largest absolute Gasteiger partial charge is 0.478 e. The molecule has 1 N–H and O–H groups in total. The average molecular weight is 288 g/mol. The van der Waals surface area contributed by atoms with Crippen LogP contribution >= 0.6 is 0 Å². The van der Waals surface area contributed by atoms with Gasteiger partial charge in [-0.25, -0.2) is 9.78 Å². The number of carboxylic acid groups (broad SMARTS) is 1. The highest BCUT2D eigenvalue weighted by Gasteiger charge is 2.15. The van der Waals surface area contributed by atoms with E-state index in [1.165, 1.54) is 12.1 Å². The van der Waals surface area contributed by atoms with Crippen LogP contribution in [0.4, 0.5) is 5.69 Å². The van der Waals surface area contributed by atoms with Crippen molar-refractivity contribution in [1.29, 1.82) is 0 Å². The second-order valence-electron chi connectivity index (χ2n) is 4.47. The Balaban J connectivity index is 2.38. The lowest BCUT2D eigenvalue weighted by Crippen LogP contribution is -2.01. The van der Waals surface area contributed by atoms with Gasteiger partial charge in [0.05, 0.1) is 4.92 Å². The molecule has 108 valence electrons. The van der Waals surface area contributed by atoms with Gasteiger partial charge in [0, 0.05) is 11.6 Å². The third kappa shape index (κ3) is 3.14. The number of carboxylic acids is 1. The molecule has 1 aromatic carbocycles. The number of benzene rings is 1. The van der Waals surface area contributed by atoms with Crippen molar-refractivity contribution in [2.24, 2.45) is 0 Å². The number of aryl methyl sites for hydroxylation is 2. The summed E-state index contributed by atoms with van der Waals surface area (Å²) >= 11 is 0. The van der Waals surface area contributed by atoms with Gasteiger partial charge in [0.1, 0.15) is 17.5 Å². The standard InChI is InChI=1S/C14H12N2O5/c1-8-3-4-10(14(17)18)12(5-8)21-13-6-9(2)11(7-15-13)16(19)20/h3-7H,1-2H3,(H,17,18). The van der Waals surface area contributed by atoms with Crippen LogP contribution in [0.3, 0.4) is 0 Å². The predicted octanol–water partition coefficient (Wildman–Crippen LogP) is 3.10. The van der Waals surface area contributed by atoms with Gasteiger partial charge in [-0.05, 0) is 31.5 Å². The smallest absolute Gasteiger partial charge is 0.339 e. The normalized spacial score (nSPS) is 10.2.